The highest BCUT2D eigenvalue weighted by Crippen LogP contribution is 2.48. The fraction of sp³-hybridized carbons (Fsp3) is 0.684. The molecule has 0 spiro atoms. The predicted molar refractivity (Wildman–Crippen MR) is 91.0 cm³/mol. The number of amides is 4. The van der Waals surface area contributed by atoms with Crippen molar-refractivity contribution < 1.29 is 19.2 Å². The summed E-state index contributed by atoms with van der Waals surface area (Å²) in [7, 11) is 0. The topological polar surface area (TPSA) is 74.8 Å². The summed E-state index contributed by atoms with van der Waals surface area (Å²) in [6, 6.07) is -0.200. The zero-order chi connectivity index (χ0) is 18.6. The number of hydrogen-bond donors (Lipinski definition) is 0. The van der Waals surface area contributed by atoms with Gasteiger partial charge in [-0.3, -0.25) is 29.0 Å². The second-order valence-corrected chi connectivity index (χ2v) is 9.02. The Morgan fingerprint density at radius 3 is 2.16 bits per heavy atom. The monoisotopic (exact) mass is 346 g/mol. The molecule has 2 heterocycles. The molecule has 1 saturated heterocycles. The van der Waals surface area contributed by atoms with Gasteiger partial charge < -0.3 is 0 Å². The summed E-state index contributed by atoms with van der Waals surface area (Å²) < 4.78 is 0. The van der Waals surface area contributed by atoms with E-state index in [0.29, 0.717) is 13.0 Å². The van der Waals surface area contributed by atoms with Crippen molar-refractivity contribution >= 4 is 23.6 Å². The van der Waals surface area contributed by atoms with E-state index >= 15 is 0 Å². The summed E-state index contributed by atoms with van der Waals surface area (Å²) in [6.07, 6.45) is 5.09. The first-order chi connectivity index (χ1) is 11.5. The molecule has 3 rings (SSSR count). The molecule has 25 heavy (non-hydrogen) atoms. The average Bonchev–Trinajstić information content (AvgIpc) is 2.91. The lowest BCUT2D eigenvalue weighted by Crippen LogP contribution is -2.52. The summed E-state index contributed by atoms with van der Waals surface area (Å²) in [5.74, 6) is -1.02. The number of rotatable bonds is 3. The molecule has 136 valence electrons. The van der Waals surface area contributed by atoms with Crippen LogP contribution in [0.4, 0.5) is 0 Å². The molecule has 1 saturated carbocycles. The summed E-state index contributed by atoms with van der Waals surface area (Å²) in [6.45, 7) is 8.43. The van der Waals surface area contributed by atoms with E-state index in [1.54, 1.807) is 6.92 Å². The van der Waals surface area contributed by atoms with Crippen LogP contribution in [-0.4, -0.2) is 46.0 Å². The molecule has 6 heteroatoms. The third-order valence-corrected chi connectivity index (χ3v) is 5.64. The molecular weight excluding hydrogens is 320 g/mol. The third kappa shape index (κ3) is 3.26. The number of hydrogen-bond acceptors (Lipinski definition) is 4. The van der Waals surface area contributed by atoms with Gasteiger partial charge in [0.1, 0.15) is 0 Å². The summed E-state index contributed by atoms with van der Waals surface area (Å²) in [5, 5.41) is 0. The van der Waals surface area contributed by atoms with Crippen LogP contribution in [0, 0.1) is 16.7 Å². The number of carbonyl (C=O) groups excluding carboxylic acids is 4. The fourth-order valence-electron chi connectivity index (χ4n) is 5.05. The lowest BCUT2D eigenvalue weighted by Gasteiger charge is -2.49. The van der Waals surface area contributed by atoms with E-state index in [4.69, 9.17) is 0 Å². The molecule has 0 aromatic rings. The quantitative estimate of drug-likeness (QED) is 0.732. The van der Waals surface area contributed by atoms with Gasteiger partial charge in [-0.1, -0.05) is 27.7 Å². The first-order valence-electron chi connectivity index (χ1n) is 8.91. The SMILES string of the molecule is CC1CC(=O)N(CC2(C)CC(N3C(=O)C=CC3=O)CC(C)(C)C2)C1=O. The number of carbonyl (C=O) groups is 4. The maximum absolute atomic E-state index is 12.3. The van der Waals surface area contributed by atoms with Gasteiger partial charge >= 0.3 is 0 Å². The van der Waals surface area contributed by atoms with Crippen LogP contribution in [0.25, 0.3) is 0 Å². The summed E-state index contributed by atoms with van der Waals surface area (Å²) in [4.78, 5) is 51.4. The molecule has 3 atom stereocenters. The summed E-state index contributed by atoms with van der Waals surface area (Å²) >= 11 is 0. The summed E-state index contributed by atoms with van der Waals surface area (Å²) in [5.41, 5.74) is -0.400. The van der Waals surface area contributed by atoms with Gasteiger partial charge in [-0.2, -0.15) is 0 Å². The second kappa shape index (κ2) is 5.78. The van der Waals surface area contributed by atoms with Crippen LogP contribution in [-0.2, 0) is 19.2 Å². The van der Waals surface area contributed by atoms with Crippen molar-refractivity contribution in [2.75, 3.05) is 6.54 Å². The van der Waals surface area contributed by atoms with E-state index in [2.05, 4.69) is 20.8 Å². The minimum Gasteiger partial charge on any atom is -0.282 e. The first kappa shape index (κ1) is 17.8. The smallest absolute Gasteiger partial charge is 0.253 e. The van der Waals surface area contributed by atoms with Gasteiger partial charge in [0.15, 0.2) is 0 Å². The Bertz CT molecular complexity index is 663. The minimum atomic E-state index is -0.315. The Labute approximate surface area is 148 Å². The van der Waals surface area contributed by atoms with Crippen molar-refractivity contribution in [3.63, 3.8) is 0 Å². The lowest BCUT2D eigenvalue weighted by molar-refractivity contribution is -0.147. The zero-order valence-corrected chi connectivity index (χ0v) is 15.4. The molecule has 3 unspecified atom stereocenters. The molecule has 0 aromatic heterocycles. The number of imide groups is 2. The van der Waals surface area contributed by atoms with Crippen LogP contribution in [0.5, 0.6) is 0 Å². The van der Waals surface area contributed by atoms with Crippen LogP contribution in [0.3, 0.4) is 0 Å². The fourth-order valence-corrected chi connectivity index (χ4v) is 5.05. The van der Waals surface area contributed by atoms with Gasteiger partial charge in [-0.05, 0) is 30.1 Å². The van der Waals surface area contributed by atoms with E-state index in [-0.39, 0.29) is 52.8 Å². The molecule has 6 nitrogen and oxygen atoms in total. The molecule has 0 bridgehead atoms. The van der Waals surface area contributed by atoms with E-state index in [9.17, 15) is 19.2 Å². The number of nitrogens with zero attached hydrogens (tertiary/aromatic N) is 2. The highest BCUT2D eigenvalue weighted by Gasteiger charge is 2.48. The highest BCUT2D eigenvalue weighted by atomic mass is 16.2. The molecule has 0 aromatic carbocycles. The molecule has 0 N–H and O–H groups in total. The predicted octanol–water partition coefficient (Wildman–Crippen LogP) is 1.89. The van der Waals surface area contributed by atoms with Gasteiger partial charge in [-0.25, -0.2) is 0 Å². The van der Waals surface area contributed by atoms with Crippen molar-refractivity contribution in [3.8, 4) is 0 Å². The Hall–Kier alpha value is -1.98. The Morgan fingerprint density at radius 1 is 1.04 bits per heavy atom. The number of likely N-dealkylation sites (tertiary alicyclic amines) is 1. The third-order valence-electron chi connectivity index (χ3n) is 5.64. The standard InChI is InChI=1S/C19H26N2O4/c1-12-7-16(24)20(17(12)25)11-19(4)9-13(8-18(2,3)10-19)21-14(22)5-6-15(21)23/h5-6,12-13H,7-11H2,1-4H3. The first-order valence-corrected chi connectivity index (χ1v) is 8.91. The molecule has 3 aliphatic rings. The largest absolute Gasteiger partial charge is 0.282 e. The molecule has 1 aliphatic carbocycles. The van der Waals surface area contributed by atoms with Crippen LogP contribution < -0.4 is 0 Å². The van der Waals surface area contributed by atoms with E-state index in [1.165, 1.54) is 22.0 Å². The van der Waals surface area contributed by atoms with Crippen LogP contribution in [0.1, 0.15) is 53.4 Å². The maximum Gasteiger partial charge on any atom is 0.253 e. The molecular formula is C19H26N2O4. The normalized spacial score (nSPS) is 35.2. The molecule has 4 amide bonds. The highest BCUT2D eigenvalue weighted by molar-refractivity contribution is 6.13. The van der Waals surface area contributed by atoms with Crippen molar-refractivity contribution in [1.29, 1.82) is 0 Å². The van der Waals surface area contributed by atoms with E-state index < -0.39 is 0 Å². The van der Waals surface area contributed by atoms with Gasteiger partial charge in [-0.15, -0.1) is 0 Å². The van der Waals surface area contributed by atoms with E-state index in [1.807, 2.05) is 0 Å². The van der Waals surface area contributed by atoms with Crippen molar-refractivity contribution in [3.05, 3.63) is 12.2 Å². The lowest BCUT2D eigenvalue weighted by atomic mass is 9.62. The minimum absolute atomic E-state index is 0.0851. The van der Waals surface area contributed by atoms with Crippen molar-refractivity contribution in [2.24, 2.45) is 16.7 Å². The maximum atomic E-state index is 12.3. The zero-order valence-electron chi connectivity index (χ0n) is 15.4. The molecule has 2 fully saturated rings. The van der Waals surface area contributed by atoms with Gasteiger partial charge in [0, 0.05) is 37.1 Å². The molecule has 0 radical (unpaired) electrons. The van der Waals surface area contributed by atoms with Gasteiger partial charge in [0.25, 0.3) is 11.8 Å². The van der Waals surface area contributed by atoms with Crippen LogP contribution in [0.15, 0.2) is 12.2 Å². The van der Waals surface area contributed by atoms with Crippen LogP contribution in [0.2, 0.25) is 0 Å². The van der Waals surface area contributed by atoms with E-state index in [0.717, 1.165) is 12.8 Å². The van der Waals surface area contributed by atoms with Crippen molar-refractivity contribution in [1.82, 2.24) is 9.80 Å². The van der Waals surface area contributed by atoms with Crippen molar-refractivity contribution in [2.45, 2.75) is 59.4 Å². The van der Waals surface area contributed by atoms with Gasteiger partial charge in [0.2, 0.25) is 11.8 Å². The Balaban J connectivity index is 1.83. The Kier molecular flexibility index (Phi) is 4.12. The average molecular weight is 346 g/mol. The molecule has 2 aliphatic heterocycles. The van der Waals surface area contributed by atoms with Crippen LogP contribution >= 0.6 is 0 Å². The second-order valence-electron chi connectivity index (χ2n) is 9.02. The Morgan fingerprint density at radius 2 is 1.64 bits per heavy atom. The van der Waals surface area contributed by atoms with Gasteiger partial charge in [0.05, 0.1) is 0 Å².